The van der Waals surface area contributed by atoms with Crippen molar-refractivity contribution in [3.63, 3.8) is 0 Å². The summed E-state index contributed by atoms with van der Waals surface area (Å²) in [5, 5.41) is 0. The molecule has 0 aliphatic carbocycles. The van der Waals surface area contributed by atoms with Crippen molar-refractivity contribution in [2.75, 3.05) is 13.6 Å². The van der Waals surface area contributed by atoms with Crippen LogP contribution < -0.4 is 5.73 Å². The van der Waals surface area contributed by atoms with Crippen LogP contribution in [0.15, 0.2) is 28.7 Å². The lowest BCUT2D eigenvalue weighted by atomic mass is 10.2. The predicted octanol–water partition coefficient (Wildman–Crippen LogP) is 2.95. The van der Waals surface area contributed by atoms with Crippen molar-refractivity contribution in [1.82, 2.24) is 4.90 Å². The second-order valence-electron chi connectivity index (χ2n) is 3.93. The lowest BCUT2D eigenvalue weighted by molar-refractivity contribution is 0.324. The molecule has 2 N–H and O–H groups in total. The molecule has 0 fully saturated rings. The molecule has 0 saturated carbocycles. The fourth-order valence-electron chi connectivity index (χ4n) is 1.50. The normalized spacial score (nSPS) is 10.7. The first-order chi connectivity index (χ1) is 7.58. The summed E-state index contributed by atoms with van der Waals surface area (Å²) in [6.07, 6.45) is 1.86. The van der Waals surface area contributed by atoms with E-state index in [0.29, 0.717) is 4.99 Å². The van der Waals surface area contributed by atoms with Crippen LogP contribution in [0.1, 0.15) is 18.4 Å². The molecular weight excluding hydrogens is 284 g/mol. The third kappa shape index (κ3) is 5.58. The first kappa shape index (κ1) is 13.6. The van der Waals surface area contributed by atoms with E-state index in [-0.39, 0.29) is 0 Å². The first-order valence-corrected chi connectivity index (χ1v) is 6.49. The monoisotopic (exact) mass is 300 g/mol. The summed E-state index contributed by atoms with van der Waals surface area (Å²) in [7, 11) is 2.11. The van der Waals surface area contributed by atoms with Crippen LogP contribution in [0.4, 0.5) is 0 Å². The summed E-state index contributed by atoms with van der Waals surface area (Å²) >= 11 is 8.27. The lowest BCUT2D eigenvalue weighted by Crippen LogP contribution is -2.20. The Kier molecular flexibility index (Phi) is 5.95. The van der Waals surface area contributed by atoms with Gasteiger partial charge >= 0.3 is 0 Å². The largest absolute Gasteiger partial charge is 0.393 e. The molecule has 0 aliphatic rings. The summed E-state index contributed by atoms with van der Waals surface area (Å²) < 4.78 is 1.12. The number of benzene rings is 1. The lowest BCUT2D eigenvalue weighted by Gasteiger charge is -2.16. The molecule has 0 bridgehead atoms. The molecule has 16 heavy (non-hydrogen) atoms. The second-order valence-corrected chi connectivity index (χ2v) is 5.37. The molecule has 4 heteroatoms. The highest BCUT2D eigenvalue weighted by Gasteiger charge is 2.00. The Bertz CT molecular complexity index is 337. The minimum absolute atomic E-state index is 0.608. The minimum atomic E-state index is 0.608. The molecule has 0 aromatic heterocycles. The van der Waals surface area contributed by atoms with Gasteiger partial charge in [-0.15, -0.1) is 0 Å². The molecule has 2 nitrogen and oxygen atoms in total. The Morgan fingerprint density at radius 3 is 2.56 bits per heavy atom. The Morgan fingerprint density at radius 2 is 2.00 bits per heavy atom. The smallest absolute Gasteiger partial charge is 0.0727 e. The zero-order chi connectivity index (χ0) is 12.0. The van der Waals surface area contributed by atoms with Crippen molar-refractivity contribution in [1.29, 1.82) is 0 Å². The Balaban J connectivity index is 2.31. The molecule has 88 valence electrons. The van der Waals surface area contributed by atoms with E-state index in [1.807, 2.05) is 0 Å². The van der Waals surface area contributed by atoms with Crippen LogP contribution in [0.5, 0.6) is 0 Å². The number of thiocarbonyl (C=S) groups is 1. The van der Waals surface area contributed by atoms with Gasteiger partial charge in [0.1, 0.15) is 0 Å². The van der Waals surface area contributed by atoms with Gasteiger partial charge in [-0.3, -0.25) is 0 Å². The Labute approximate surface area is 111 Å². The maximum Gasteiger partial charge on any atom is 0.0727 e. The molecule has 0 radical (unpaired) electrons. The highest BCUT2D eigenvalue weighted by atomic mass is 79.9. The zero-order valence-corrected chi connectivity index (χ0v) is 11.9. The van der Waals surface area contributed by atoms with Crippen molar-refractivity contribution in [3.8, 4) is 0 Å². The molecule has 0 aliphatic heterocycles. The van der Waals surface area contributed by atoms with E-state index in [4.69, 9.17) is 18.0 Å². The molecule has 0 amide bonds. The summed E-state index contributed by atoms with van der Waals surface area (Å²) in [5.74, 6) is 0. The number of rotatable bonds is 6. The second kappa shape index (κ2) is 6.99. The molecular formula is C12H17BrN2S. The van der Waals surface area contributed by atoms with Gasteiger partial charge in [0.05, 0.1) is 4.99 Å². The SMILES string of the molecule is CN(CCCC(N)=S)Cc1ccc(Br)cc1. The summed E-state index contributed by atoms with van der Waals surface area (Å²) in [4.78, 5) is 2.89. The van der Waals surface area contributed by atoms with Crippen LogP contribution in [-0.4, -0.2) is 23.5 Å². The van der Waals surface area contributed by atoms with Gasteiger partial charge in [-0.05, 0) is 44.1 Å². The quantitative estimate of drug-likeness (QED) is 0.819. The van der Waals surface area contributed by atoms with E-state index >= 15 is 0 Å². The van der Waals surface area contributed by atoms with E-state index in [9.17, 15) is 0 Å². The molecule has 1 aromatic carbocycles. The van der Waals surface area contributed by atoms with Crippen molar-refractivity contribution >= 4 is 33.1 Å². The Morgan fingerprint density at radius 1 is 1.38 bits per heavy atom. The maximum atomic E-state index is 5.46. The van der Waals surface area contributed by atoms with Crippen LogP contribution in [0.2, 0.25) is 0 Å². The molecule has 0 saturated heterocycles. The van der Waals surface area contributed by atoms with E-state index in [0.717, 1.165) is 30.4 Å². The van der Waals surface area contributed by atoms with Gasteiger partial charge in [-0.1, -0.05) is 40.3 Å². The average molecular weight is 301 g/mol. The van der Waals surface area contributed by atoms with Crippen LogP contribution in [0, 0.1) is 0 Å². The molecule has 1 rings (SSSR count). The molecule has 0 heterocycles. The van der Waals surface area contributed by atoms with E-state index in [1.165, 1.54) is 5.56 Å². The third-order valence-corrected chi connectivity index (χ3v) is 3.06. The van der Waals surface area contributed by atoms with Crippen molar-refractivity contribution < 1.29 is 0 Å². The van der Waals surface area contributed by atoms with Gasteiger partial charge in [-0.2, -0.15) is 0 Å². The number of nitrogens with two attached hydrogens (primary N) is 1. The summed E-state index contributed by atoms with van der Waals surface area (Å²) in [6, 6.07) is 8.40. The molecule has 0 spiro atoms. The highest BCUT2D eigenvalue weighted by molar-refractivity contribution is 9.10. The van der Waals surface area contributed by atoms with E-state index < -0.39 is 0 Å². The van der Waals surface area contributed by atoms with Crippen molar-refractivity contribution in [3.05, 3.63) is 34.3 Å². The third-order valence-electron chi connectivity index (χ3n) is 2.33. The van der Waals surface area contributed by atoms with Gasteiger partial charge in [0.15, 0.2) is 0 Å². The molecule has 1 aromatic rings. The van der Waals surface area contributed by atoms with Crippen molar-refractivity contribution in [2.24, 2.45) is 5.73 Å². The zero-order valence-electron chi connectivity index (χ0n) is 9.45. The fourth-order valence-corrected chi connectivity index (χ4v) is 1.91. The summed E-state index contributed by atoms with van der Waals surface area (Å²) in [5.41, 5.74) is 6.78. The van der Waals surface area contributed by atoms with Gasteiger partial charge in [-0.25, -0.2) is 0 Å². The van der Waals surface area contributed by atoms with Crippen LogP contribution in [-0.2, 0) is 6.54 Å². The summed E-state index contributed by atoms with van der Waals surface area (Å²) in [6.45, 7) is 1.98. The topological polar surface area (TPSA) is 29.3 Å². The van der Waals surface area contributed by atoms with Gasteiger partial charge in [0.2, 0.25) is 0 Å². The number of hydrogen-bond donors (Lipinski definition) is 1. The van der Waals surface area contributed by atoms with Crippen LogP contribution >= 0.6 is 28.1 Å². The first-order valence-electron chi connectivity index (χ1n) is 5.29. The van der Waals surface area contributed by atoms with E-state index in [2.05, 4.69) is 52.1 Å². The fraction of sp³-hybridized carbons (Fsp3) is 0.417. The number of halogens is 1. The van der Waals surface area contributed by atoms with E-state index in [1.54, 1.807) is 0 Å². The highest BCUT2D eigenvalue weighted by Crippen LogP contribution is 2.11. The average Bonchev–Trinajstić information content (AvgIpc) is 2.21. The Hall–Kier alpha value is -0.450. The number of hydrogen-bond acceptors (Lipinski definition) is 2. The van der Waals surface area contributed by atoms with Gasteiger partial charge in [0, 0.05) is 11.0 Å². The molecule has 0 atom stereocenters. The standard InChI is InChI=1S/C12H17BrN2S/c1-15(8-2-3-12(14)16)9-10-4-6-11(13)7-5-10/h4-7H,2-3,8-9H2,1H3,(H2,14,16). The minimum Gasteiger partial charge on any atom is -0.393 e. The number of nitrogens with zero attached hydrogens (tertiary/aromatic N) is 1. The van der Waals surface area contributed by atoms with Gasteiger partial charge < -0.3 is 10.6 Å². The van der Waals surface area contributed by atoms with Crippen LogP contribution in [0.25, 0.3) is 0 Å². The maximum absolute atomic E-state index is 5.46. The van der Waals surface area contributed by atoms with Gasteiger partial charge in [0.25, 0.3) is 0 Å². The van der Waals surface area contributed by atoms with Crippen LogP contribution in [0.3, 0.4) is 0 Å². The van der Waals surface area contributed by atoms with Crippen molar-refractivity contribution in [2.45, 2.75) is 19.4 Å². The molecule has 0 unspecified atom stereocenters. The predicted molar refractivity (Wildman–Crippen MR) is 76.5 cm³/mol.